The lowest BCUT2D eigenvalue weighted by Crippen LogP contribution is -2.16. The monoisotopic (exact) mass is 404 g/mol. The fraction of sp³-hybridized carbons (Fsp3) is 0.368. The average molecular weight is 405 g/mol. The molecule has 1 aliphatic carbocycles. The molecule has 6 nitrogen and oxygen atoms in total. The zero-order valence-corrected chi connectivity index (χ0v) is 16.4. The molecule has 1 saturated carbocycles. The Morgan fingerprint density at radius 2 is 1.96 bits per heavy atom. The summed E-state index contributed by atoms with van der Waals surface area (Å²) >= 11 is 5.91. The fourth-order valence-corrected chi connectivity index (χ4v) is 4.45. The third kappa shape index (κ3) is 4.25. The van der Waals surface area contributed by atoms with Gasteiger partial charge in [0.05, 0.1) is 6.26 Å². The van der Waals surface area contributed by atoms with Crippen molar-refractivity contribution in [3.05, 3.63) is 53.2 Å². The molecule has 0 aliphatic heterocycles. The number of rotatable bonds is 7. The molecular formula is C19H21ClN4O2S. The Morgan fingerprint density at radius 1 is 1.19 bits per heavy atom. The lowest BCUT2D eigenvalue weighted by atomic mass is 10.2. The number of furan rings is 1. The van der Waals surface area contributed by atoms with Crippen molar-refractivity contribution >= 4 is 28.5 Å². The van der Waals surface area contributed by atoms with E-state index in [2.05, 4.69) is 14.9 Å². The number of nitrogens with zero attached hydrogens (tertiary/aromatic N) is 3. The Bertz CT molecular complexity index is 902. The van der Waals surface area contributed by atoms with E-state index in [1.807, 2.05) is 41.0 Å². The molecule has 0 bridgehead atoms. The molecule has 1 N–H and O–H groups in total. The summed E-state index contributed by atoms with van der Waals surface area (Å²) < 4.78 is 23.2. The summed E-state index contributed by atoms with van der Waals surface area (Å²) in [4.78, 5) is 0. The van der Waals surface area contributed by atoms with Gasteiger partial charge in [0.2, 0.25) is 11.8 Å². The van der Waals surface area contributed by atoms with E-state index in [0.29, 0.717) is 40.8 Å². The summed E-state index contributed by atoms with van der Waals surface area (Å²) in [6, 6.07) is 11.6. The summed E-state index contributed by atoms with van der Waals surface area (Å²) in [5.41, 5.74) is 1.10. The largest absolute Gasteiger partial charge is 0.461 e. The fourth-order valence-electron chi connectivity index (χ4n) is 3.46. The van der Waals surface area contributed by atoms with Crippen LogP contribution in [0.4, 0.5) is 5.95 Å². The Balaban J connectivity index is 1.49. The van der Waals surface area contributed by atoms with Crippen LogP contribution in [-0.4, -0.2) is 24.7 Å². The molecule has 0 spiro atoms. The summed E-state index contributed by atoms with van der Waals surface area (Å²) in [6.07, 6.45) is 6.81. The van der Waals surface area contributed by atoms with Gasteiger partial charge in [-0.25, -0.2) is 4.21 Å². The van der Waals surface area contributed by atoms with Gasteiger partial charge in [0, 0.05) is 16.8 Å². The first-order valence-corrected chi connectivity index (χ1v) is 10.8. The van der Waals surface area contributed by atoms with E-state index in [1.54, 1.807) is 6.26 Å². The number of nitrogens with one attached hydrogen (secondary N) is 1. The molecule has 4 rings (SSSR count). The van der Waals surface area contributed by atoms with Gasteiger partial charge < -0.3 is 4.42 Å². The number of aromatic nitrogens is 3. The predicted molar refractivity (Wildman–Crippen MR) is 107 cm³/mol. The highest BCUT2D eigenvalue weighted by molar-refractivity contribution is 7.86. The molecule has 0 radical (unpaired) electrons. The molecule has 142 valence electrons. The van der Waals surface area contributed by atoms with E-state index in [1.165, 1.54) is 12.8 Å². The first-order chi connectivity index (χ1) is 13.2. The number of halogens is 1. The molecule has 2 aromatic heterocycles. The number of benzene rings is 1. The third-order valence-electron chi connectivity index (χ3n) is 4.82. The molecule has 1 atom stereocenters. The van der Waals surface area contributed by atoms with E-state index in [9.17, 15) is 4.21 Å². The molecule has 1 fully saturated rings. The second-order valence-corrected chi connectivity index (χ2v) is 8.40. The van der Waals surface area contributed by atoms with E-state index in [-0.39, 0.29) is 0 Å². The van der Waals surface area contributed by atoms with Crippen LogP contribution in [0.1, 0.15) is 37.3 Å². The maximum Gasteiger partial charge on any atom is 0.237 e. The summed E-state index contributed by atoms with van der Waals surface area (Å²) in [5.74, 6) is 2.39. The lowest BCUT2D eigenvalue weighted by Gasteiger charge is -2.16. The van der Waals surface area contributed by atoms with Crippen molar-refractivity contribution in [3.63, 3.8) is 0 Å². The summed E-state index contributed by atoms with van der Waals surface area (Å²) in [7, 11) is -1.26. The molecule has 0 amide bonds. The minimum absolute atomic E-state index is 0.302. The SMILES string of the molecule is O=S(CCc1ccc(Cl)cc1)Nc1nnc(-c2ccco2)n1C1CCCC1. The second-order valence-electron chi connectivity index (χ2n) is 6.66. The molecule has 1 aliphatic rings. The number of hydrogen-bond donors (Lipinski definition) is 1. The van der Waals surface area contributed by atoms with Gasteiger partial charge in [0.25, 0.3) is 0 Å². The molecule has 1 aromatic carbocycles. The Labute approximate surface area is 165 Å². The standard InChI is InChI=1S/C19H21ClN4O2S/c20-15-9-7-14(8-10-15)11-13-27(25)23-19-22-21-18(17-6-3-12-26-17)24(19)16-4-1-2-5-16/h3,6-10,12,16H,1-2,4-5,11,13H2,(H,22,23). The van der Waals surface area contributed by atoms with Crippen LogP contribution in [0.15, 0.2) is 47.1 Å². The van der Waals surface area contributed by atoms with Crippen molar-refractivity contribution in [2.45, 2.75) is 38.1 Å². The van der Waals surface area contributed by atoms with Crippen LogP contribution in [0.3, 0.4) is 0 Å². The van der Waals surface area contributed by atoms with Crippen LogP contribution < -0.4 is 4.72 Å². The minimum Gasteiger partial charge on any atom is -0.461 e. The minimum atomic E-state index is -1.26. The highest BCUT2D eigenvalue weighted by Gasteiger charge is 2.26. The van der Waals surface area contributed by atoms with Gasteiger partial charge in [-0.05, 0) is 49.1 Å². The first-order valence-electron chi connectivity index (χ1n) is 9.09. The maximum atomic E-state index is 12.6. The van der Waals surface area contributed by atoms with E-state index in [0.717, 1.165) is 18.4 Å². The van der Waals surface area contributed by atoms with Crippen LogP contribution in [0.5, 0.6) is 0 Å². The molecule has 3 aromatic rings. The highest BCUT2D eigenvalue weighted by Crippen LogP contribution is 2.35. The smallest absolute Gasteiger partial charge is 0.237 e. The number of anilines is 1. The highest BCUT2D eigenvalue weighted by atomic mass is 35.5. The molecule has 27 heavy (non-hydrogen) atoms. The van der Waals surface area contributed by atoms with E-state index in [4.69, 9.17) is 16.0 Å². The molecule has 0 saturated heterocycles. The van der Waals surface area contributed by atoms with Gasteiger partial charge in [-0.2, -0.15) is 0 Å². The molecule has 1 unspecified atom stereocenters. The molecule has 2 heterocycles. The zero-order valence-electron chi connectivity index (χ0n) is 14.8. The van der Waals surface area contributed by atoms with Crippen molar-refractivity contribution in [2.24, 2.45) is 0 Å². The van der Waals surface area contributed by atoms with Crippen LogP contribution in [0.2, 0.25) is 5.02 Å². The van der Waals surface area contributed by atoms with Crippen LogP contribution in [0.25, 0.3) is 11.6 Å². The summed E-state index contributed by atoms with van der Waals surface area (Å²) in [5, 5.41) is 9.25. The second kappa shape index (κ2) is 8.27. The average Bonchev–Trinajstić information content (AvgIpc) is 3.42. The van der Waals surface area contributed by atoms with Gasteiger partial charge in [-0.15, -0.1) is 10.2 Å². The van der Waals surface area contributed by atoms with Crippen molar-refractivity contribution in [1.82, 2.24) is 14.8 Å². The van der Waals surface area contributed by atoms with E-state index >= 15 is 0 Å². The summed E-state index contributed by atoms with van der Waals surface area (Å²) in [6.45, 7) is 0. The van der Waals surface area contributed by atoms with Crippen LogP contribution in [-0.2, 0) is 17.4 Å². The topological polar surface area (TPSA) is 73.0 Å². The Hall–Kier alpha value is -2.12. The van der Waals surface area contributed by atoms with Gasteiger partial charge in [-0.3, -0.25) is 9.29 Å². The van der Waals surface area contributed by atoms with Gasteiger partial charge in [0.1, 0.15) is 11.0 Å². The molecular weight excluding hydrogens is 384 g/mol. The normalized spacial score (nSPS) is 15.9. The van der Waals surface area contributed by atoms with Crippen LogP contribution in [0, 0.1) is 0 Å². The van der Waals surface area contributed by atoms with Gasteiger partial charge in [-0.1, -0.05) is 36.6 Å². The Morgan fingerprint density at radius 3 is 2.67 bits per heavy atom. The predicted octanol–water partition coefficient (Wildman–Crippen LogP) is 4.62. The maximum absolute atomic E-state index is 12.6. The zero-order chi connectivity index (χ0) is 18.6. The quantitative estimate of drug-likeness (QED) is 0.623. The van der Waals surface area contributed by atoms with E-state index < -0.39 is 11.0 Å². The van der Waals surface area contributed by atoms with Gasteiger partial charge in [0.15, 0.2) is 5.76 Å². The van der Waals surface area contributed by atoms with Gasteiger partial charge >= 0.3 is 0 Å². The van der Waals surface area contributed by atoms with Crippen molar-refractivity contribution in [2.75, 3.05) is 10.5 Å². The number of hydrogen-bond acceptors (Lipinski definition) is 4. The Kier molecular flexibility index (Phi) is 5.59. The van der Waals surface area contributed by atoms with Crippen molar-refractivity contribution in [3.8, 4) is 11.6 Å². The lowest BCUT2D eigenvalue weighted by molar-refractivity contribution is 0.512. The van der Waals surface area contributed by atoms with Crippen molar-refractivity contribution < 1.29 is 8.63 Å². The number of aryl methyl sites for hydroxylation is 1. The van der Waals surface area contributed by atoms with Crippen molar-refractivity contribution in [1.29, 1.82) is 0 Å². The third-order valence-corrected chi connectivity index (χ3v) is 6.06. The van der Waals surface area contributed by atoms with Crippen LogP contribution >= 0.6 is 11.6 Å². The first kappa shape index (κ1) is 18.3. The molecule has 8 heteroatoms.